The van der Waals surface area contributed by atoms with Crippen molar-refractivity contribution in [2.24, 2.45) is 0 Å². The number of carboxylic acids is 2. The zero-order valence-corrected chi connectivity index (χ0v) is 29.6. The number of carbonyl (C=O) groups is 6. The second-order valence-corrected chi connectivity index (χ2v) is 12.7. The van der Waals surface area contributed by atoms with E-state index < -0.39 is 30.1 Å². The maximum absolute atomic E-state index is 12.3. The summed E-state index contributed by atoms with van der Waals surface area (Å²) >= 11 is 1.54. The zero-order valence-electron chi connectivity index (χ0n) is 26.6. The van der Waals surface area contributed by atoms with Crippen LogP contribution in [-0.4, -0.2) is 77.7 Å². The summed E-state index contributed by atoms with van der Waals surface area (Å²) in [7, 11) is 0. The van der Waals surface area contributed by atoms with Crippen molar-refractivity contribution in [1.82, 2.24) is 21.3 Å². The van der Waals surface area contributed by atoms with Crippen molar-refractivity contribution >= 4 is 39.0 Å². The van der Waals surface area contributed by atoms with Gasteiger partial charge >= 0.3 is 129 Å². The molecule has 0 saturated heterocycles. The van der Waals surface area contributed by atoms with Gasteiger partial charge in [-0.25, -0.2) is 14.4 Å². The van der Waals surface area contributed by atoms with Crippen LogP contribution in [-0.2, 0) is 23.9 Å². The van der Waals surface area contributed by atoms with E-state index in [2.05, 4.69) is 21.3 Å². The first-order chi connectivity index (χ1) is 22.0. The molecule has 13 nitrogen and oxygen atoms in total. The number of hydrogen-bond donors (Lipinski definition) is 6. The summed E-state index contributed by atoms with van der Waals surface area (Å²) in [5.74, 6) is -2.71. The van der Waals surface area contributed by atoms with Gasteiger partial charge in [-0.2, -0.15) is 0 Å². The molecule has 1 aromatic rings. The number of rotatable bonds is 25. The van der Waals surface area contributed by atoms with E-state index >= 15 is 0 Å². The van der Waals surface area contributed by atoms with Crippen LogP contribution in [0.2, 0.25) is 0 Å². The van der Waals surface area contributed by atoms with E-state index in [1.54, 1.807) is 12.1 Å². The Balaban J connectivity index is 2.04. The molecule has 0 aliphatic carbocycles. The average Bonchev–Trinajstić information content (AvgIpc) is 3.01. The number of hydrogen-bond acceptors (Lipinski definition) is 7. The number of carbonyl (C=O) groups excluding carboxylic acids is 4. The Morgan fingerprint density at radius 1 is 0.696 bits per heavy atom. The van der Waals surface area contributed by atoms with E-state index in [9.17, 15) is 33.9 Å². The van der Waals surface area contributed by atoms with Crippen molar-refractivity contribution < 1.29 is 68.4 Å². The van der Waals surface area contributed by atoms with Crippen molar-refractivity contribution in [2.45, 2.75) is 109 Å². The Kier molecular flexibility index (Phi) is 22.0. The fourth-order valence-corrected chi connectivity index (χ4v) is 4.93. The third-order valence-corrected chi connectivity index (χ3v) is 8.03. The van der Waals surface area contributed by atoms with E-state index in [1.165, 1.54) is 24.7 Å². The molecule has 2 atom stereocenters. The zero-order chi connectivity index (χ0) is 34.2. The quantitative estimate of drug-likeness (QED) is 0.0802. The molecule has 46 heavy (non-hydrogen) atoms. The molecular weight excluding hydrogens is 795 g/mol. The molecule has 0 saturated carbocycles. The summed E-state index contributed by atoms with van der Waals surface area (Å²) in [6, 6.07) is 5.39. The summed E-state index contributed by atoms with van der Waals surface area (Å²) in [6.45, 7) is 2.93. The molecular formula is C32H49AtN4O9. The van der Waals surface area contributed by atoms with Gasteiger partial charge in [0.15, 0.2) is 0 Å². The number of aliphatic carboxylic acids is 2. The van der Waals surface area contributed by atoms with E-state index in [0.717, 1.165) is 29.0 Å². The summed E-state index contributed by atoms with van der Waals surface area (Å²) in [5, 5.41) is 29.1. The van der Waals surface area contributed by atoms with Crippen LogP contribution in [0.1, 0.15) is 107 Å². The first-order valence-corrected chi connectivity index (χ1v) is 17.5. The van der Waals surface area contributed by atoms with Crippen molar-refractivity contribution in [3.8, 4) is 0 Å². The molecule has 258 valence electrons. The van der Waals surface area contributed by atoms with Crippen molar-refractivity contribution in [3.63, 3.8) is 0 Å². The molecule has 0 radical (unpaired) electrons. The number of amides is 4. The van der Waals surface area contributed by atoms with Gasteiger partial charge in [0, 0.05) is 19.4 Å². The Labute approximate surface area is 286 Å². The van der Waals surface area contributed by atoms with E-state index in [4.69, 9.17) is 9.84 Å². The summed E-state index contributed by atoms with van der Waals surface area (Å²) < 4.78 is 6.13. The van der Waals surface area contributed by atoms with Gasteiger partial charge in [-0.1, -0.05) is 26.2 Å². The summed E-state index contributed by atoms with van der Waals surface area (Å²) in [4.78, 5) is 70.7. The first kappa shape index (κ1) is 40.7. The first-order valence-electron chi connectivity index (χ1n) is 16.0. The molecule has 0 bridgehead atoms. The smallest absolute Gasteiger partial charge is 0.480 e. The monoisotopic (exact) mass is 844 g/mol. The second-order valence-electron chi connectivity index (χ2n) is 11.0. The van der Waals surface area contributed by atoms with Gasteiger partial charge < -0.3 is 25.6 Å². The Bertz CT molecular complexity index is 1100. The van der Waals surface area contributed by atoms with Gasteiger partial charge in [-0.05, 0) is 38.5 Å². The van der Waals surface area contributed by atoms with Gasteiger partial charge in [0.1, 0.15) is 6.04 Å². The van der Waals surface area contributed by atoms with Crippen LogP contribution >= 0.6 is 0 Å². The van der Waals surface area contributed by atoms with Crippen molar-refractivity contribution in [1.29, 1.82) is 0 Å². The second kappa shape index (κ2) is 24.9. The Hall–Kier alpha value is -3.28. The summed E-state index contributed by atoms with van der Waals surface area (Å²) in [5.41, 5.74) is 0.581. The molecule has 0 aromatic heterocycles. The van der Waals surface area contributed by atoms with Gasteiger partial charge in [0.05, 0.1) is 6.61 Å². The summed E-state index contributed by atoms with van der Waals surface area (Å²) in [6.07, 6.45) is 7.09. The molecule has 0 aliphatic heterocycles. The molecule has 4 amide bonds. The minimum absolute atomic E-state index is 0.0523. The fourth-order valence-electron chi connectivity index (χ4n) is 4.44. The molecule has 0 heterocycles. The van der Waals surface area contributed by atoms with Gasteiger partial charge in [0.25, 0.3) is 0 Å². The van der Waals surface area contributed by atoms with Crippen LogP contribution in [0.25, 0.3) is 0 Å². The van der Waals surface area contributed by atoms with E-state index in [0.29, 0.717) is 70.0 Å². The van der Waals surface area contributed by atoms with Gasteiger partial charge in [-0.3, -0.25) is 9.59 Å². The van der Waals surface area contributed by atoms with Crippen LogP contribution in [0.4, 0.5) is 4.79 Å². The van der Waals surface area contributed by atoms with Crippen LogP contribution in [0, 0.1) is 24.7 Å². The number of unbranched alkanes of at least 4 members (excludes halogenated alkanes) is 6. The van der Waals surface area contributed by atoms with E-state index in [-0.39, 0.29) is 37.2 Å². The minimum Gasteiger partial charge on any atom is -0.480 e. The Morgan fingerprint density at radius 3 is 1.89 bits per heavy atom. The molecule has 14 heteroatoms. The van der Waals surface area contributed by atoms with Gasteiger partial charge in [0.2, 0.25) is 11.8 Å². The molecule has 1 unspecified atom stereocenters. The molecule has 1 aromatic carbocycles. The number of benzene rings is 1. The topological polar surface area (TPSA) is 200 Å². The molecule has 0 spiro atoms. The van der Waals surface area contributed by atoms with Crippen LogP contribution in [0.3, 0.4) is 0 Å². The number of carboxylic acid groups (broad SMARTS) is 2. The predicted octanol–water partition coefficient (Wildman–Crippen LogP) is 2.94. The number of ether oxygens (including phenoxy) is 1. The van der Waals surface area contributed by atoms with Crippen molar-refractivity contribution in [2.75, 3.05) is 19.7 Å². The SMILES string of the molecule is CCC[C@H](NC(=O)OCCCCCNC(=O)CCCCCCC(=O)NC(CCCCNC(=O)c1ccc([211At])cc1)C(=O)O)C(=O)O. The van der Waals surface area contributed by atoms with Crippen LogP contribution < -0.4 is 24.5 Å². The molecule has 6 N–H and O–H groups in total. The van der Waals surface area contributed by atoms with Crippen LogP contribution in [0.15, 0.2) is 24.3 Å². The minimum atomic E-state index is -1.09. The molecule has 0 fully saturated rings. The number of alkyl carbamates (subject to hydrolysis) is 1. The third-order valence-electron chi connectivity index (χ3n) is 7.05. The predicted molar refractivity (Wildman–Crippen MR) is 167 cm³/mol. The third kappa shape index (κ3) is 20.0. The average molecular weight is 845 g/mol. The fraction of sp³-hybridized carbons (Fsp3) is 0.625. The Morgan fingerprint density at radius 2 is 1.26 bits per heavy atom. The van der Waals surface area contributed by atoms with Crippen molar-refractivity contribution in [3.05, 3.63) is 29.8 Å². The molecule has 0 aliphatic rings. The van der Waals surface area contributed by atoms with E-state index in [1.807, 2.05) is 19.1 Å². The van der Waals surface area contributed by atoms with Crippen LogP contribution in [0.5, 0.6) is 0 Å². The van der Waals surface area contributed by atoms with Gasteiger partial charge in [-0.15, -0.1) is 0 Å². The standard InChI is InChI=1S/C32H49AtN4O9/c1-2-12-25(30(41)42)37-32(45)46-22-11-5-9-20-34-27(38)14-6-3-4-7-15-28(39)36-26(31(43)44)13-8-10-21-35-29(40)23-16-18-24(33)19-17-23/h16-19,25-26H,2-15,20-22H2,1H3,(H,34,38)(H,35,40)(H,36,39)(H,37,45)(H,41,42)(H,43,44)/t25-,26?/m0/s1/i33+1. The number of nitrogens with one attached hydrogen (secondary N) is 4. The normalized spacial score (nSPS) is 12.0. The maximum atomic E-state index is 12.3. The molecule has 1 rings (SSSR count).